The average Bonchev–Trinajstić information content (AvgIpc) is 2.53. The highest BCUT2D eigenvalue weighted by molar-refractivity contribution is 7.89. The quantitative estimate of drug-likeness (QED) is 0.841. The second-order valence-corrected chi connectivity index (χ2v) is 6.46. The van der Waals surface area contributed by atoms with Crippen LogP contribution in [-0.2, 0) is 16.6 Å². The Kier molecular flexibility index (Phi) is 4.84. The van der Waals surface area contributed by atoms with Gasteiger partial charge in [0.25, 0.3) is 5.91 Å². The van der Waals surface area contributed by atoms with Gasteiger partial charge in [-0.2, -0.15) is 0 Å². The van der Waals surface area contributed by atoms with E-state index in [0.29, 0.717) is 0 Å². The van der Waals surface area contributed by atoms with Gasteiger partial charge in [0, 0.05) is 12.7 Å². The number of benzene rings is 1. The SMILES string of the molecule is CNS(=O)(=O)c1ccc(CNC(=O)c2cnc(C)cn2)cc1. The zero-order valence-corrected chi connectivity index (χ0v) is 13.0. The molecule has 0 saturated heterocycles. The van der Waals surface area contributed by atoms with Crippen LogP contribution in [0.5, 0.6) is 0 Å². The molecule has 8 heteroatoms. The standard InChI is InChI=1S/C14H16N4O3S/c1-10-7-17-13(9-16-10)14(19)18-8-11-3-5-12(6-4-11)22(20,21)15-2/h3-7,9,15H,8H2,1-2H3,(H,18,19). The van der Waals surface area contributed by atoms with Gasteiger partial charge < -0.3 is 5.32 Å². The van der Waals surface area contributed by atoms with Crippen LogP contribution in [0.2, 0.25) is 0 Å². The van der Waals surface area contributed by atoms with E-state index in [1.165, 1.54) is 31.6 Å². The lowest BCUT2D eigenvalue weighted by Gasteiger charge is -2.06. The van der Waals surface area contributed by atoms with Gasteiger partial charge in [0.15, 0.2) is 0 Å². The molecule has 0 fully saturated rings. The molecule has 0 unspecified atom stereocenters. The molecule has 0 atom stereocenters. The summed E-state index contributed by atoms with van der Waals surface area (Å²) in [5, 5.41) is 2.70. The minimum atomic E-state index is -3.45. The molecule has 0 bridgehead atoms. The summed E-state index contributed by atoms with van der Waals surface area (Å²) in [6, 6.07) is 6.26. The van der Waals surface area contributed by atoms with Crippen molar-refractivity contribution < 1.29 is 13.2 Å². The molecule has 0 radical (unpaired) electrons. The molecular formula is C14H16N4O3S. The van der Waals surface area contributed by atoms with E-state index in [0.717, 1.165) is 11.3 Å². The van der Waals surface area contributed by atoms with Gasteiger partial charge >= 0.3 is 0 Å². The Morgan fingerprint density at radius 3 is 2.36 bits per heavy atom. The molecule has 1 aromatic carbocycles. The van der Waals surface area contributed by atoms with Crippen molar-refractivity contribution in [3.05, 3.63) is 53.6 Å². The first-order chi connectivity index (χ1) is 10.4. The summed E-state index contributed by atoms with van der Waals surface area (Å²) in [6.07, 6.45) is 2.93. The van der Waals surface area contributed by atoms with Crippen LogP contribution in [0, 0.1) is 6.92 Å². The molecule has 22 heavy (non-hydrogen) atoms. The number of nitrogens with one attached hydrogen (secondary N) is 2. The maximum absolute atomic E-state index is 11.9. The number of carbonyl (C=O) groups excluding carboxylic acids is 1. The molecule has 1 heterocycles. The van der Waals surface area contributed by atoms with Crippen LogP contribution in [-0.4, -0.2) is 31.3 Å². The van der Waals surface area contributed by atoms with Gasteiger partial charge in [0.2, 0.25) is 10.0 Å². The smallest absolute Gasteiger partial charge is 0.271 e. The van der Waals surface area contributed by atoms with E-state index in [1.807, 2.05) is 0 Å². The van der Waals surface area contributed by atoms with Crippen LogP contribution in [0.3, 0.4) is 0 Å². The number of rotatable bonds is 5. The van der Waals surface area contributed by atoms with Crippen LogP contribution in [0.25, 0.3) is 0 Å². The van der Waals surface area contributed by atoms with E-state index in [9.17, 15) is 13.2 Å². The Balaban J connectivity index is 2.00. The summed E-state index contributed by atoms with van der Waals surface area (Å²) < 4.78 is 25.4. The van der Waals surface area contributed by atoms with Crippen molar-refractivity contribution >= 4 is 15.9 Å². The Morgan fingerprint density at radius 1 is 1.14 bits per heavy atom. The number of amides is 1. The van der Waals surface area contributed by atoms with Gasteiger partial charge in [0.1, 0.15) is 5.69 Å². The van der Waals surface area contributed by atoms with Crippen molar-refractivity contribution in [1.82, 2.24) is 20.0 Å². The number of hydrogen-bond donors (Lipinski definition) is 2. The Bertz CT molecular complexity index is 756. The molecule has 0 saturated carbocycles. The molecular weight excluding hydrogens is 304 g/mol. The van der Waals surface area contributed by atoms with Crippen molar-refractivity contribution in [1.29, 1.82) is 0 Å². The highest BCUT2D eigenvalue weighted by Gasteiger charge is 2.11. The highest BCUT2D eigenvalue weighted by atomic mass is 32.2. The predicted octanol–water partition coefficient (Wildman–Crippen LogP) is 0.623. The van der Waals surface area contributed by atoms with Gasteiger partial charge in [-0.3, -0.25) is 9.78 Å². The molecule has 0 aliphatic carbocycles. The largest absolute Gasteiger partial charge is 0.347 e. The van der Waals surface area contributed by atoms with Gasteiger partial charge in [0.05, 0.1) is 16.8 Å². The number of sulfonamides is 1. The van der Waals surface area contributed by atoms with Crippen molar-refractivity contribution in [2.24, 2.45) is 0 Å². The summed E-state index contributed by atoms with van der Waals surface area (Å²) in [5.74, 6) is -0.334. The van der Waals surface area contributed by atoms with Crippen LogP contribution < -0.4 is 10.0 Å². The van der Waals surface area contributed by atoms with Crippen LogP contribution in [0.1, 0.15) is 21.7 Å². The van der Waals surface area contributed by atoms with Gasteiger partial charge in [-0.15, -0.1) is 0 Å². The minimum absolute atomic E-state index is 0.175. The monoisotopic (exact) mass is 320 g/mol. The maximum Gasteiger partial charge on any atom is 0.271 e. The van der Waals surface area contributed by atoms with Crippen LogP contribution in [0.15, 0.2) is 41.6 Å². The Morgan fingerprint density at radius 2 is 1.82 bits per heavy atom. The zero-order chi connectivity index (χ0) is 16.2. The summed E-state index contributed by atoms with van der Waals surface area (Å²) in [7, 11) is -2.10. The van der Waals surface area contributed by atoms with Crippen molar-refractivity contribution in [2.75, 3.05) is 7.05 Å². The molecule has 7 nitrogen and oxygen atoms in total. The van der Waals surface area contributed by atoms with Gasteiger partial charge in [-0.25, -0.2) is 18.1 Å². The van der Waals surface area contributed by atoms with Crippen molar-refractivity contribution in [3.8, 4) is 0 Å². The zero-order valence-electron chi connectivity index (χ0n) is 12.2. The van der Waals surface area contributed by atoms with E-state index in [4.69, 9.17) is 0 Å². The first-order valence-corrected chi connectivity index (χ1v) is 8.00. The highest BCUT2D eigenvalue weighted by Crippen LogP contribution is 2.10. The van der Waals surface area contributed by atoms with E-state index in [-0.39, 0.29) is 23.0 Å². The topological polar surface area (TPSA) is 101 Å². The summed E-state index contributed by atoms with van der Waals surface area (Å²) in [6.45, 7) is 2.06. The fraction of sp³-hybridized carbons (Fsp3) is 0.214. The third-order valence-electron chi connectivity index (χ3n) is 2.97. The first kappa shape index (κ1) is 16.1. The molecule has 1 aromatic heterocycles. The summed E-state index contributed by atoms with van der Waals surface area (Å²) >= 11 is 0. The third kappa shape index (κ3) is 3.86. The number of aryl methyl sites for hydroxylation is 1. The summed E-state index contributed by atoms with van der Waals surface area (Å²) in [4.78, 5) is 20.0. The average molecular weight is 320 g/mol. The predicted molar refractivity (Wildman–Crippen MR) is 80.6 cm³/mol. The molecule has 2 aromatic rings. The van der Waals surface area contributed by atoms with E-state index >= 15 is 0 Å². The second kappa shape index (κ2) is 6.63. The van der Waals surface area contributed by atoms with E-state index in [2.05, 4.69) is 20.0 Å². The van der Waals surface area contributed by atoms with Crippen molar-refractivity contribution in [3.63, 3.8) is 0 Å². The van der Waals surface area contributed by atoms with Gasteiger partial charge in [-0.1, -0.05) is 12.1 Å². The lowest BCUT2D eigenvalue weighted by Crippen LogP contribution is -2.24. The molecule has 0 aliphatic heterocycles. The second-order valence-electron chi connectivity index (χ2n) is 4.58. The molecule has 0 spiro atoms. The van der Waals surface area contributed by atoms with Crippen LogP contribution in [0.4, 0.5) is 0 Å². The summed E-state index contributed by atoms with van der Waals surface area (Å²) in [5.41, 5.74) is 1.75. The number of aromatic nitrogens is 2. The third-order valence-corrected chi connectivity index (χ3v) is 4.40. The molecule has 116 valence electrons. The molecule has 2 N–H and O–H groups in total. The molecule has 0 aliphatic rings. The number of hydrogen-bond acceptors (Lipinski definition) is 5. The Labute approximate surface area is 128 Å². The van der Waals surface area contributed by atoms with Gasteiger partial charge in [-0.05, 0) is 31.7 Å². The lowest BCUT2D eigenvalue weighted by molar-refractivity contribution is 0.0945. The maximum atomic E-state index is 11.9. The lowest BCUT2D eigenvalue weighted by atomic mass is 10.2. The fourth-order valence-electron chi connectivity index (χ4n) is 1.69. The molecule has 2 rings (SSSR count). The molecule has 1 amide bonds. The minimum Gasteiger partial charge on any atom is -0.347 e. The fourth-order valence-corrected chi connectivity index (χ4v) is 2.42. The first-order valence-electron chi connectivity index (χ1n) is 6.52. The van der Waals surface area contributed by atoms with E-state index in [1.54, 1.807) is 19.1 Å². The number of carbonyl (C=O) groups is 1. The Hall–Kier alpha value is -2.32. The van der Waals surface area contributed by atoms with Crippen molar-refractivity contribution in [2.45, 2.75) is 18.4 Å². The van der Waals surface area contributed by atoms with E-state index < -0.39 is 10.0 Å². The normalized spacial score (nSPS) is 11.2. The number of nitrogens with zero attached hydrogens (tertiary/aromatic N) is 2. The van der Waals surface area contributed by atoms with Crippen LogP contribution >= 0.6 is 0 Å².